The van der Waals surface area contributed by atoms with Crippen LogP contribution in [-0.4, -0.2) is 49.8 Å². The van der Waals surface area contributed by atoms with E-state index in [-0.39, 0.29) is 36.8 Å². The number of benzene rings is 1. The molecule has 0 radical (unpaired) electrons. The number of carbonyl (C=O) groups excluding carboxylic acids is 2. The van der Waals surface area contributed by atoms with Gasteiger partial charge in [-0.05, 0) is 25.3 Å². The summed E-state index contributed by atoms with van der Waals surface area (Å²) in [6.45, 7) is 3.08. The molecule has 1 heterocycles. The molecule has 25 heavy (non-hydrogen) atoms. The highest BCUT2D eigenvalue weighted by molar-refractivity contribution is 7.89. The first-order valence-corrected chi connectivity index (χ1v) is 10.3. The highest BCUT2D eigenvalue weighted by atomic mass is 32.2. The Morgan fingerprint density at radius 1 is 1.08 bits per heavy atom. The highest BCUT2D eigenvalue weighted by Crippen LogP contribution is 2.13. The van der Waals surface area contributed by atoms with E-state index >= 15 is 0 Å². The monoisotopic (exact) mass is 366 g/mol. The molecule has 0 atom stereocenters. The Hall–Kier alpha value is -1.73. The number of ketones is 1. The van der Waals surface area contributed by atoms with E-state index in [1.165, 1.54) is 4.31 Å². The molecule has 138 valence electrons. The molecule has 7 heteroatoms. The number of rotatable bonds is 8. The Morgan fingerprint density at radius 3 is 2.44 bits per heavy atom. The molecule has 6 nitrogen and oxygen atoms in total. The van der Waals surface area contributed by atoms with Gasteiger partial charge in [0.25, 0.3) is 0 Å². The minimum Gasteiger partial charge on any atom is -0.355 e. The van der Waals surface area contributed by atoms with Gasteiger partial charge in [0.15, 0.2) is 5.78 Å². The van der Waals surface area contributed by atoms with Crippen LogP contribution in [0.5, 0.6) is 0 Å². The lowest BCUT2D eigenvalue weighted by Gasteiger charge is -2.25. The van der Waals surface area contributed by atoms with Gasteiger partial charge in [0, 0.05) is 38.0 Å². The molecule has 1 amide bonds. The van der Waals surface area contributed by atoms with E-state index in [0.29, 0.717) is 18.7 Å². The van der Waals surface area contributed by atoms with E-state index in [1.54, 1.807) is 12.1 Å². The van der Waals surface area contributed by atoms with Crippen molar-refractivity contribution in [3.05, 3.63) is 35.4 Å². The molecular formula is C18H26N2O4S. The van der Waals surface area contributed by atoms with Crippen molar-refractivity contribution in [1.29, 1.82) is 0 Å². The van der Waals surface area contributed by atoms with Gasteiger partial charge in [-0.15, -0.1) is 0 Å². The Balaban J connectivity index is 1.72. The fraction of sp³-hybridized carbons (Fsp3) is 0.556. The zero-order valence-electron chi connectivity index (χ0n) is 14.7. The molecule has 0 aromatic heterocycles. The number of carbonyl (C=O) groups is 2. The molecule has 2 rings (SSSR count). The lowest BCUT2D eigenvalue weighted by Crippen LogP contribution is -2.40. The maximum absolute atomic E-state index is 12.2. The van der Waals surface area contributed by atoms with Crippen molar-refractivity contribution >= 4 is 21.7 Å². The number of nitrogens with zero attached hydrogens (tertiary/aromatic N) is 1. The molecule has 0 aliphatic carbocycles. The molecule has 1 aliphatic rings. The highest BCUT2D eigenvalue weighted by Gasteiger charge is 2.23. The van der Waals surface area contributed by atoms with Crippen molar-refractivity contribution in [2.24, 2.45) is 0 Å². The molecule has 1 N–H and O–H groups in total. The Morgan fingerprint density at radius 2 is 1.76 bits per heavy atom. The van der Waals surface area contributed by atoms with E-state index in [4.69, 9.17) is 0 Å². The summed E-state index contributed by atoms with van der Waals surface area (Å²) in [4.78, 5) is 24.0. The predicted octanol–water partition coefficient (Wildman–Crippen LogP) is 1.89. The van der Waals surface area contributed by atoms with Crippen LogP contribution < -0.4 is 5.32 Å². The molecule has 0 spiro atoms. The van der Waals surface area contributed by atoms with Crippen LogP contribution >= 0.6 is 0 Å². The zero-order valence-corrected chi connectivity index (χ0v) is 15.5. The smallest absolute Gasteiger partial charge is 0.220 e. The number of amides is 1. The number of nitrogens with one attached hydrogen (secondary N) is 1. The fourth-order valence-corrected chi connectivity index (χ4v) is 4.36. The number of piperidine rings is 1. The van der Waals surface area contributed by atoms with E-state index < -0.39 is 10.0 Å². The molecular weight excluding hydrogens is 340 g/mol. The second kappa shape index (κ2) is 9.10. The Labute approximate surface area is 149 Å². The van der Waals surface area contributed by atoms with Gasteiger partial charge in [-0.3, -0.25) is 9.59 Å². The summed E-state index contributed by atoms with van der Waals surface area (Å²) in [5.41, 5.74) is 1.52. The van der Waals surface area contributed by atoms with Crippen molar-refractivity contribution in [2.75, 3.05) is 25.4 Å². The first-order chi connectivity index (χ1) is 11.9. The second-order valence-electron chi connectivity index (χ2n) is 6.36. The molecule has 0 saturated carbocycles. The molecule has 1 aromatic carbocycles. The minimum absolute atomic E-state index is 0.0664. The molecule has 1 aromatic rings. The van der Waals surface area contributed by atoms with Crippen molar-refractivity contribution in [2.45, 2.75) is 39.0 Å². The van der Waals surface area contributed by atoms with Gasteiger partial charge < -0.3 is 5.32 Å². The Kier molecular flexibility index (Phi) is 7.13. The number of Topliss-reactive ketones (excluding diaryl/α,β-unsaturated/α-hetero) is 1. The van der Waals surface area contributed by atoms with Crippen LogP contribution in [0.4, 0.5) is 0 Å². The van der Waals surface area contributed by atoms with Gasteiger partial charge in [0.1, 0.15) is 0 Å². The van der Waals surface area contributed by atoms with Gasteiger partial charge in [0.2, 0.25) is 15.9 Å². The molecule has 0 unspecified atom stereocenters. The summed E-state index contributed by atoms with van der Waals surface area (Å²) in [5.74, 6) is -0.463. The number of sulfonamides is 1. The van der Waals surface area contributed by atoms with Crippen molar-refractivity contribution in [1.82, 2.24) is 9.62 Å². The quantitative estimate of drug-likeness (QED) is 0.712. The van der Waals surface area contributed by atoms with Gasteiger partial charge in [-0.2, -0.15) is 0 Å². The fourth-order valence-electron chi connectivity index (χ4n) is 2.93. The normalized spacial score (nSPS) is 15.7. The van der Waals surface area contributed by atoms with E-state index in [1.807, 2.05) is 19.1 Å². The SMILES string of the molecule is Cc1ccccc1C(=O)CCC(=O)NCCS(=O)(=O)N1CCCCC1. The molecule has 1 aliphatic heterocycles. The third-order valence-corrected chi connectivity index (χ3v) is 6.29. The van der Waals surface area contributed by atoms with E-state index in [9.17, 15) is 18.0 Å². The first kappa shape index (κ1) is 19.6. The summed E-state index contributed by atoms with van der Waals surface area (Å²) < 4.78 is 25.9. The number of aryl methyl sites for hydroxylation is 1. The summed E-state index contributed by atoms with van der Waals surface area (Å²) in [5, 5.41) is 2.60. The lowest BCUT2D eigenvalue weighted by molar-refractivity contribution is -0.120. The average Bonchev–Trinajstić information content (AvgIpc) is 2.60. The van der Waals surface area contributed by atoms with Crippen LogP contribution in [-0.2, 0) is 14.8 Å². The number of hydrogen-bond acceptors (Lipinski definition) is 4. The number of hydrogen-bond donors (Lipinski definition) is 1. The van der Waals surface area contributed by atoms with Crippen LogP contribution in [0.15, 0.2) is 24.3 Å². The van der Waals surface area contributed by atoms with Crippen molar-refractivity contribution < 1.29 is 18.0 Å². The first-order valence-electron chi connectivity index (χ1n) is 8.73. The second-order valence-corrected chi connectivity index (χ2v) is 8.45. The summed E-state index contributed by atoms with van der Waals surface area (Å²) >= 11 is 0. The maximum atomic E-state index is 12.2. The van der Waals surface area contributed by atoms with E-state index in [0.717, 1.165) is 24.8 Å². The van der Waals surface area contributed by atoms with Gasteiger partial charge in [-0.25, -0.2) is 12.7 Å². The largest absolute Gasteiger partial charge is 0.355 e. The minimum atomic E-state index is -3.31. The van der Waals surface area contributed by atoms with Crippen LogP contribution in [0, 0.1) is 6.92 Å². The third-order valence-electron chi connectivity index (χ3n) is 4.42. The zero-order chi connectivity index (χ0) is 18.3. The standard InChI is InChI=1S/C18H26N2O4S/c1-15-7-3-4-8-16(15)17(21)9-10-18(22)19-11-14-25(23,24)20-12-5-2-6-13-20/h3-4,7-8H,2,5-6,9-14H2,1H3,(H,19,22). The van der Waals surface area contributed by atoms with Crippen LogP contribution in [0.3, 0.4) is 0 Å². The predicted molar refractivity (Wildman–Crippen MR) is 97.0 cm³/mol. The summed E-state index contributed by atoms with van der Waals surface area (Å²) in [6.07, 6.45) is 3.05. The Bertz CT molecular complexity index is 710. The summed E-state index contributed by atoms with van der Waals surface area (Å²) in [7, 11) is -3.31. The van der Waals surface area contributed by atoms with E-state index in [2.05, 4.69) is 5.32 Å². The maximum Gasteiger partial charge on any atom is 0.220 e. The molecule has 1 fully saturated rings. The van der Waals surface area contributed by atoms with Crippen molar-refractivity contribution in [3.63, 3.8) is 0 Å². The third kappa shape index (κ3) is 5.93. The topological polar surface area (TPSA) is 83.5 Å². The van der Waals surface area contributed by atoms with Gasteiger partial charge in [-0.1, -0.05) is 30.7 Å². The molecule has 0 bridgehead atoms. The van der Waals surface area contributed by atoms with Crippen molar-refractivity contribution in [3.8, 4) is 0 Å². The van der Waals surface area contributed by atoms with Crippen LogP contribution in [0.1, 0.15) is 48.0 Å². The lowest BCUT2D eigenvalue weighted by atomic mass is 10.0. The van der Waals surface area contributed by atoms with Crippen LogP contribution in [0.25, 0.3) is 0 Å². The van der Waals surface area contributed by atoms with Gasteiger partial charge in [0.05, 0.1) is 5.75 Å². The summed E-state index contributed by atoms with van der Waals surface area (Å²) in [6, 6.07) is 7.27. The average molecular weight is 366 g/mol. The van der Waals surface area contributed by atoms with Gasteiger partial charge >= 0.3 is 0 Å². The molecule has 1 saturated heterocycles. The van der Waals surface area contributed by atoms with Crippen LogP contribution in [0.2, 0.25) is 0 Å².